The summed E-state index contributed by atoms with van der Waals surface area (Å²) in [5.74, 6) is 0.377. The molecule has 0 saturated heterocycles. The van der Waals surface area contributed by atoms with Crippen LogP contribution in [0.3, 0.4) is 0 Å². The Hall–Kier alpha value is -2.09. The molecule has 1 saturated carbocycles. The van der Waals surface area contributed by atoms with Crippen LogP contribution in [0, 0.1) is 0 Å². The highest BCUT2D eigenvalue weighted by molar-refractivity contribution is 7.92. The first-order chi connectivity index (χ1) is 13.9. The number of nitrogens with zero attached hydrogens (tertiary/aromatic N) is 3. The van der Waals surface area contributed by atoms with Gasteiger partial charge in [0.25, 0.3) is 10.0 Å². The Balaban J connectivity index is 1.74. The lowest BCUT2D eigenvalue weighted by Gasteiger charge is -2.30. The molecule has 0 aliphatic heterocycles. The summed E-state index contributed by atoms with van der Waals surface area (Å²) in [7, 11) is -4.03. The van der Waals surface area contributed by atoms with Gasteiger partial charge in [0, 0.05) is 5.02 Å². The molecule has 0 spiro atoms. The number of halogens is 2. The Morgan fingerprint density at radius 1 is 0.966 bits per heavy atom. The SMILES string of the molecule is O=S(=O)(Nc1nc2ccccc2nc1[N-]C1CCCCC1)c1cc(Cl)ccc1Cl. The fourth-order valence-electron chi connectivity index (χ4n) is 3.40. The normalized spacial score (nSPS) is 15.4. The van der Waals surface area contributed by atoms with E-state index in [1.54, 1.807) is 6.07 Å². The lowest BCUT2D eigenvalue weighted by atomic mass is 9.95. The third kappa shape index (κ3) is 4.57. The minimum absolute atomic E-state index is 0.0708. The Morgan fingerprint density at radius 2 is 1.66 bits per heavy atom. The summed E-state index contributed by atoms with van der Waals surface area (Å²) >= 11 is 12.1. The Bertz CT molecular complexity index is 1150. The summed E-state index contributed by atoms with van der Waals surface area (Å²) in [6, 6.07) is 11.7. The molecule has 1 fully saturated rings. The summed E-state index contributed by atoms with van der Waals surface area (Å²) in [5, 5.41) is 5.07. The minimum Gasteiger partial charge on any atom is -0.459 e. The highest BCUT2D eigenvalue weighted by Gasteiger charge is 2.21. The third-order valence-corrected chi connectivity index (χ3v) is 6.90. The van der Waals surface area contributed by atoms with E-state index in [2.05, 4.69) is 14.7 Å². The summed E-state index contributed by atoms with van der Waals surface area (Å²) in [6.45, 7) is 0. The molecule has 152 valence electrons. The van der Waals surface area contributed by atoms with E-state index in [-0.39, 0.29) is 32.6 Å². The number of rotatable bonds is 5. The predicted octanol–water partition coefficient (Wildman–Crippen LogP) is 6.08. The molecule has 1 aliphatic carbocycles. The molecule has 1 aliphatic rings. The zero-order valence-corrected chi connectivity index (χ0v) is 17.8. The maximum absolute atomic E-state index is 13.0. The molecular weight excluding hydrogens is 431 g/mol. The van der Waals surface area contributed by atoms with E-state index in [0.717, 1.165) is 25.7 Å². The van der Waals surface area contributed by atoms with Crippen LogP contribution in [0.1, 0.15) is 32.1 Å². The summed E-state index contributed by atoms with van der Waals surface area (Å²) in [6.07, 6.45) is 5.33. The number of benzene rings is 2. The first kappa shape index (κ1) is 20.2. The number of nitrogens with one attached hydrogen (secondary N) is 1. The topological polar surface area (TPSA) is 86.1 Å². The summed E-state index contributed by atoms with van der Waals surface area (Å²) in [4.78, 5) is 8.93. The van der Waals surface area contributed by atoms with Gasteiger partial charge in [-0.05, 0) is 41.6 Å². The van der Waals surface area contributed by atoms with Gasteiger partial charge in [-0.2, -0.15) is 0 Å². The number of aromatic nitrogens is 2. The van der Waals surface area contributed by atoms with Crippen molar-refractivity contribution >= 4 is 55.9 Å². The van der Waals surface area contributed by atoms with Gasteiger partial charge in [0.15, 0.2) is 0 Å². The molecule has 0 unspecified atom stereocenters. The average Bonchev–Trinajstić information content (AvgIpc) is 2.71. The summed E-state index contributed by atoms with van der Waals surface area (Å²) < 4.78 is 28.5. The van der Waals surface area contributed by atoms with E-state index in [4.69, 9.17) is 28.5 Å². The van der Waals surface area contributed by atoms with Crippen LogP contribution < -0.4 is 4.72 Å². The van der Waals surface area contributed by atoms with Gasteiger partial charge in [0.05, 0.1) is 10.5 Å². The van der Waals surface area contributed by atoms with Crippen LogP contribution >= 0.6 is 23.2 Å². The number of para-hydroxylation sites is 2. The molecule has 29 heavy (non-hydrogen) atoms. The third-order valence-electron chi connectivity index (χ3n) is 4.85. The van der Waals surface area contributed by atoms with E-state index in [1.807, 2.05) is 18.2 Å². The molecule has 9 heteroatoms. The fourth-order valence-corrected chi connectivity index (χ4v) is 5.17. The molecule has 0 radical (unpaired) electrons. The van der Waals surface area contributed by atoms with Crippen LogP contribution in [0.15, 0.2) is 47.4 Å². The van der Waals surface area contributed by atoms with Crippen molar-refractivity contribution in [3.63, 3.8) is 0 Å². The molecule has 0 bridgehead atoms. The Kier molecular flexibility index (Phi) is 5.81. The van der Waals surface area contributed by atoms with Crippen LogP contribution in [-0.2, 0) is 10.0 Å². The van der Waals surface area contributed by atoms with Gasteiger partial charge < -0.3 is 10.3 Å². The van der Waals surface area contributed by atoms with Crippen LogP contribution in [-0.4, -0.2) is 24.4 Å². The van der Waals surface area contributed by atoms with E-state index in [9.17, 15) is 8.42 Å². The largest absolute Gasteiger partial charge is 0.459 e. The molecule has 1 aromatic heterocycles. The fraction of sp³-hybridized carbons (Fsp3) is 0.300. The van der Waals surface area contributed by atoms with Crippen molar-refractivity contribution in [2.75, 3.05) is 4.72 Å². The van der Waals surface area contributed by atoms with Crippen LogP contribution in [0.4, 0.5) is 11.6 Å². The molecule has 6 nitrogen and oxygen atoms in total. The molecule has 3 aromatic rings. The van der Waals surface area contributed by atoms with Gasteiger partial charge in [0.1, 0.15) is 10.7 Å². The second kappa shape index (κ2) is 8.34. The van der Waals surface area contributed by atoms with Crippen molar-refractivity contribution < 1.29 is 8.42 Å². The molecule has 1 N–H and O–H groups in total. The van der Waals surface area contributed by atoms with Gasteiger partial charge in [-0.15, -0.1) is 0 Å². The summed E-state index contributed by atoms with van der Waals surface area (Å²) in [5.41, 5.74) is 1.23. The number of fused-ring (bicyclic) bond motifs is 1. The molecule has 1 heterocycles. The first-order valence-electron chi connectivity index (χ1n) is 9.38. The lowest BCUT2D eigenvalue weighted by Crippen LogP contribution is -2.16. The van der Waals surface area contributed by atoms with Crippen molar-refractivity contribution in [3.05, 3.63) is 57.8 Å². The molecular formula is C20H19Cl2N4O2S-. The van der Waals surface area contributed by atoms with Crippen molar-refractivity contribution in [2.24, 2.45) is 0 Å². The van der Waals surface area contributed by atoms with Crippen molar-refractivity contribution in [1.82, 2.24) is 9.97 Å². The first-order valence-corrected chi connectivity index (χ1v) is 11.6. The number of hydrogen-bond donors (Lipinski definition) is 1. The van der Waals surface area contributed by atoms with Crippen LogP contribution in [0.2, 0.25) is 10.0 Å². The van der Waals surface area contributed by atoms with Crippen molar-refractivity contribution in [2.45, 2.75) is 43.0 Å². The Labute approximate surface area is 179 Å². The number of anilines is 1. The quantitative estimate of drug-likeness (QED) is 0.511. The zero-order chi connectivity index (χ0) is 20.4. The number of hydrogen-bond acceptors (Lipinski definition) is 4. The van der Waals surface area contributed by atoms with E-state index >= 15 is 0 Å². The average molecular weight is 450 g/mol. The van der Waals surface area contributed by atoms with Crippen molar-refractivity contribution in [3.8, 4) is 0 Å². The maximum Gasteiger partial charge on any atom is 0.264 e. The van der Waals surface area contributed by atoms with Gasteiger partial charge in [-0.3, -0.25) is 4.72 Å². The maximum atomic E-state index is 13.0. The van der Waals surface area contributed by atoms with E-state index in [0.29, 0.717) is 11.0 Å². The predicted molar refractivity (Wildman–Crippen MR) is 117 cm³/mol. The smallest absolute Gasteiger partial charge is 0.264 e. The van der Waals surface area contributed by atoms with Crippen LogP contribution in [0.5, 0.6) is 0 Å². The van der Waals surface area contributed by atoms with Gasteiger partial charge in [0.2, 0.25) is 0 Å². The van der Waals surface area contributed by atoms with E-state index in [1.165, 1.54) is 24.6 Å². The lowest BCUT2D eigenvalue weighted by molar-refractivity contribution is 0.474. The highest BCUT2D eigenvalue weighted by atomic mass is 35.5. The van der Waals surface area contributed by atoms with Crippen LogP contribution in [0.25, 0.3) is 16.4 Å². The van der Waals surface area contributed by atoms with Crippen molar-refractivity contribution in [1.29, 1.82) is 0 Å². The molecule has 2 aromatic carbocycles. The van der Waals surface area contributed by atoms with Gasteiger partial charge in [-0.25, -0.2) is 13.4 Å². The molecule has 0 amide bonds. The standard InChI is InChI=1S/C20H19Cl2N4O2S/c21-13-10-11-15(22)18(12-13)29(27,28)26-20-19(23-14-6-2-1-3-7-14)24-16-8-4-5-9-17(16)25-20/h4-5,8-12,14H,1-3,6-7H2,(H-,23,24,25,26)/q-1. The second-order valence-corrected chi connectivity index (χ2v) is 9.48. The van der Waals surface area contributed by atoms with Gasteiger partial charge in [-0.1, -0.05) is 73.5 Å². The second-order valence-electron chi connectivity index (χ2n) is 6.99. The van der Waals surface area contributed by atoms with Gasteiger partial charge >= 0.3 is 0 Å². The molecule has 4 rings (SSSR count). The molecule has 0 atom stereocenters. The minimum atomic E-state index is -4.03. The monoisotopic (exact) mass is 449 g/mol. The highest BCUT2D eigenvalue weighted by Crippen LogP contribution is 2.36. The number of sulfonamides is 1. The van der Waals surface area contributed by atoms with E-state index < -0.39 is 10.0 Å². The Morgan fingerprint density at radius 3 is 2.38 bits per heavy atom. The zero-order valence-electron chi connectivity index (χ0n) is 15.5.